The van der Waals surface area contributed by atoms with Crippen molar-refractivity contribution in [3.05, 3.63) is 65.2 Å². The number of aliphatic carboxylic acids is 1. The fraction of sp³-hybridized carbons (Fsp3) is 0.286. The van der Waals surface area contributed by atoms with Crippen LogP contribution < -0.4 is 4.74 Å². The summed E-state index contributed by atoms with van der Waals surface area (Å²) in [5.41, 5.74) is 1.33. The van der Waals surface area contributed by atoms with Crippen LogP contribution in [0.5, 0.6) is 5.75 Å². The number of carboxylic acid groups (broad SMARTS) is 1. The van der Waals surface area contributed by atoms with Crippen LogP contribution in [0.1, 0.15) is 39.6 Å². The Morgan fingerprint density at radius 2 is 1.82 bits per heavy atom. The highest BCUT2D eigenvalue weighted by Crippen LogP contribution is 2.32. The second-order valence-electron chi connectivity index (χ2n) is 6.40. The summed E-state index contributed by atoms with van der Waals surface area (Å²) in [6.45, 7) is 1.88. The highest BCUT2D eigenvalue weighted by Gasteiger charge is 2.41. The molecule has 0 aliphatic carbocycles. The molecule has 1 atom stereocenters. The molecule has 3 rings (SSSR count). The van der Waals surface area contributed by atoms with E-state index in [0.717, 1.165) is 5.56 Å². The minimum Gasteiger partial charge on any atom is -0.481 e. The van der Waals surface area contributed by atoms with Crippen molar-refractivity contribution >= 4 is 17.8 Å². The van der Waals surface area contributed by atoms with Crippen LogP contribution in [0.25, 0.3) is 0 Å². The Balaban J connectivity index is 1.74. The topological polar surface area (TPSA) is 93.1 Å². The van der Waals surface area contributed by atoms with Gasteiger partial charge in [-0.25, -0.2) is 4.79 Å². The molecule has 0 bridgehead atoms. The first-order valence-corrected chi connectivity index (χ1v) is 9.00. The first-order valence-electron chi connectivity index (χ1n) is 9.00. The van der Waals surface area contributed by atoms with Gasteiger partial charge in [-0.1, -0.05) is 43.3 Å². The van der Waals surface area contributed by atoms with Crippen LogP contribution in [0.4, 0.5) is 0 Å². The molecule has 1 aliphatic heterocycles. The normalized spacial score (nSPS) is 14.1. The standard InChI is InChI=1S/C21H21NO6/c1-2-15(12-27-11-14-7-4-3-5-8-14)22-20(25)16-9-6-10-17(19(16)21(22)26)28-13-18(23)24/h3-10,15H,2,11-13H2,1H3,(H,23,24)/t15-/m0/s1. The number of benzene rings is 2. The summed E-state index contributed by atoms with van der Waals surface area (Å²) in [4.78, 5) is 37.7. The number of imide groups is 1. The Kier molecular flexibility index (Phi) is 6.06. The number of rotatable bonds is 9. The minimum absolute atomic E-state index is 0.0980. The van der Waals surface area contributed by atoms with Crippen molar-refractivity contribution in [2.45, 2.75) is 26.0 Å². The molecule has 2 amide bonds. The first kappa shape index (κ1) is 19.6. The number of hydrogen-bond acceptors (Lipinski definition) is 5. The van der Waals surface area contributed by atoms with Crippen LogP contribution in [-0.2, 0) is 16.1 Å². The molecule has 28 heavy (non-hydrogen) atoms. The smallest absolute Gasteiger partial charge is 0.341 e. The monoisotopic (exact) mass is 383 g/mol. The van der Waals surface area contributed by atoms with Crippen molar-refractivity contribution in [1.82, 2.24) is 4.90 Å². The van der Waals surface area contributed by atoms with Crippen molar-refractivity contribution in [1.29, 1.82) is 0 Å². The fourth-order valence-corrected chi connectivity index (χ4v) is 3.13. The average molecular weight is 383 g/mol. The second kappa shape index (κ2) is 8.67. The van der Waals surface area contributed by atoms with E-state index in [2.05, 4.69) is 0 Å². The van der Waals surface area contributed by atoms with E-state index in [-0.39, 0.29) is 23.5 Å². The number of fused-ring (bicyclic) bond motifs is 1. The van der Waals surface area contributed by atoms with Gasteiger partial charge in [-0.15, -0.1) is 0 Å². The molecule has 7 nitrogen and oxygen atoms in total. The molecule has 7 heteroatoms. The van der Waals surface area contributed by atoms with Gasteiger partial charge in [0.05, 0.1) is 30.4 Å². The maximum atomic E-state index is 12.9. The van der Waals surface area contributed by atoms with Crippen molar-refractivity contribution in [2.75, 3.05) is 13.2 Å². The van der Waals surface area contributed by atoms with Gasteiger partial charge in [0.1, 0.15) is 5.75 Å². The number of carbonyl (C=O) groups is 3. The van der Waals surface area contributed by atoms with E-state index < -0.39 is 30.4 Å². The van der Waals surface area contributed by atoms with E-state index in [1.165, 1.54) is 11.0 Å². The number of carboxylic acids is 1. The minimum atomic E-state index is -1.16. The van der Waals surface area contributed by atoms with Gasteiger partial charge < -0.3 is 14.6 Å². The summed E-state index contributed by atoms with van der Waals surface area (Å²) in [7, 11) is 0. The average Bonchev–Trinajstić information content (AvgIpc) is 2.96. The van der Waals surface area contributed by atoms with E-state index in [1.54, 1.807) is 12.1 Å². The molecular formula is C21H21NO6. The molecular weight excluding hydrogens is 362 g/mol. The lowest BCUT2D eigenvalue weighted by Crippen LogP contribution is -2.42. The molecule has 1 N–H and O–H groups in total. The third kappa shape index (κ3) is 4.04. The van der Waals surface area contributed by atoms with Crippen molar-refractivity contribution in [3.8, 4) is 5.75 Å². The largest absolute Gasteiger partial charge is 0.481 e. The zero-order valence-electron chi connectivity index (χ0n) is 15.5. The van der Waals surface area contributed by atoms with Crippen molar-refractivity contribution < 1.29 is 29.0 Å². The van der Waals surface area contributed by atoms with Gasteiger partial charge >= 0.3 is 5.97 Å². The number of hydrogen-bond donors (Lipinski definition) is 1. The van der Waals surface area contributed by atoms with Gasteiger partial charge in [0.2, 0.25) is 0 Å². The van der Waals surface area contributed by atoms with Crippen LogP contribution in [0.3, 0.4) is 0 Å². The van der Waals surface area contributed by atoms with Gasteiger partial charge in [-0.05, 0) is 24.1 Å². The highest BCUT2D eigenvalue weighted by atomic mass is 16.5. The van der Waals surface area contributed by atoms with Crippen LogP contribution in [-0.4, -0.2) is 47.0 Å². The fourth-order valence-electron chi connectivity index (χ4n) is 3.13. The van der Waals surface area contributed by atoms with E-state index in [0.29, 0.717) is 13.0 Å². The summed E-state index contributed by atoms with van der Waals surface area (Å²) in [5.74, 6) is -1.97. The molecule has 0 saturated heterocycles. The van der Waals surface area contributed by atoms with E-state index in [4.69, 9.17) is 14.6 Å². The second-order valence-corrected chi connectivity index (χ2v) is 6.40. The number of nitrogens with zero attached hydrogens (tertiary/aromatic N) is 1. The zero-order chi connectivity index (χ0) is 20.1. The molecule has 1 aliphatic rings. The molecule has 2 aromatic rings. The molecule has 0 saturated carbocycles. The molecule has 0 aromatic heterocycles. The first-order chi connectivity index (χ1) is 13.5. The van der Waals surface area contributed by atoms with Crippen LogP contribution in [0.15, 0.2) is 48.5 Å². The summed E-state index contributed by atoms with van der Waals surface area (Å²) in [6, 6.07) is 13.8. The Labute approximate surface area is 162 Å². The molecule has 146 valence electrons. The van der Waals surface area contributed by atoms with E-state index >= 15 is 0 Å². The SMILES string of the molecule is CC[C@@H](COCc1ccccc1)N1C(=O)c2cccc(OCC(=O)O)c2C1=O. The lowest BCUT2D eigenvalue weighted by atomic mass is 10.1. The molecule has 2 aromatic carbocycles. The molecule has 1 heterocycles. The zero-order valence-corrected chi connectivity index (χ0v) is 15.5. The summed E-state index contributed by atoms with van der Waals surface area (Å²) in [5, 5.41) is 8.81. The summed E-state index contributed by atoms with van der Waals surface area (Å²) >= 11 is 0. The van der Waals surface area contributed by atoms with Crippen molar-refractivity contribution in [3.63, 3.8) is 0 Å². The van der Waals surface area contributed by atoms with Gasteiger partial charge in [-0.2, -0.15) is 0 Å². The maximum absolute atomic E-state index is 12.9. The lowest BCUT2D eigenvalue weighted by molar-refractivity contribution is -0.139. The Morgan fingerprint density at radius 3 is 2.50 bits per heavy atom. The predicted molar refractivity (Wildman–Crippen MR) is 100 cm³/mol. The van der Waals surface area contributed by atoms with Crippen molar-refractivity contribution in [2.24, 2.45) is 0 Å². The quantitative estimate of drug-likeness (QED) is 0.670. The predicted octanol–water partition coefficient (Wildman–Crippen LogP) is 2.74. The van der Waals surface area contributed by atoms with Gasteiger partial charge in [0, 0.05) is 0 Å². The Morgan fingerprint density at radius 1 is 1.07 bits per heavy atom. The lowest BCUT2D eigenvalue weighted by Gasteiger charge is -2.25. The number of carbonyl (C=O) groups excluding carboxylic acids is 2. The number of amides is 2. The Hall–Kier alpha value is -3.19. The van der Waals surface area contributed by atoms with E-state index in [9.17, 15) is 14.4 Å². The third-order valence-corrected chi connectivity index (χ3v) is 4.52. The summed E-state index contributed by atoms with van der Waals surface area (Å²) < 4.78 is 10.9. The number of ether oxygens (including phenoxy) is 2. The third-order valence-electron chi connectivity index (χ3n) is 4.52. The summed E-state index contributed by atoms with van der Waals surface area (Å²) in [6.07, 6.45) is 0.533. The Bertz CT molecular complexity index is 880. The van der Waals surface area contributed by atoms with Gasteiger partial charge in [0.25, 0.3) is 11.8 Å². The molecule has 0 spiro atoms. The van der Waals surface area contributed by atoms with Crippen LogP contribution >= 0.6 is 0 Å². The molecule has 0 unspecified atom stereocenters. The molecule has 0 radical (unpaired) electrons. The highest BCUT2D eigenvalue weighted by molar-refractivity contribution is 6.22. The van der Waals surface area contributed by atoms with Gasteiger partial charge in [0.15, 0.2) is 6.61 Å². The van der Waals surface area contributed by atoms with Crippen LogP contribution in [0, 0.1) is 0 Å². The maximum Gasteiger partial charge on any atom is 0.341 e. The molecule has 0 fully saturated rings. The van der Waals surface area contributed by atoms with E-state index in [1.807, 2.05) is 37.3 Å². The van der Waals surface area contributed by atoms with Gasteiger partial charge in [-0.3, -0.25) is 14.5 Å². The van der Waals surface area contributed by atoms with Crippen LogP contribution in [0.2, 0.25) is 0 Å².